The van der Waals surface area contributed by atoms with Crippen LogP contribution in [0.1, 0.15) is 76.0 Å². The summed E-state index contributed by atoms with van der Waals surface area (Å²) in [6, 6.07) is 67.2. The molecule has 747 valence electrons. The smallest absolute Gasteiger partial charge is 0.351 e. The van der Waals surface area contributed by atoms with Gasteiger partial charge in [0.05, 0.1) is 87.2 Å². The predicted molar refractivity (Wildman–Crippen MR) is 478 cm³/mol. The van der Waals surface area contributed by atoms with Crippen molar-refractivity contribution < 1.29 is 201 Å². The molecule has 5 saturated heterocycles. The highest BCUT2D eigenvalue weighted by Crippen LogP contribution is 2.37. The number of phenols is 1. The first-order chi connectivity index (χ1) is 66.1. The van der Waals surface area contributed by atoms with E-state index in [9.17, 15) is 79.0 Å². The van der Waals surface area contributed by atoms with Gasteiger partial charge >= 0.3 is 43.4 Å². The minimum absolute atomic E-state index is 0.0437. The van der Waals surface area contributed by atoms with Gasteiger partial charge in [-0.1, -0.05) is 148 Å². The van der Waals surface area contributed by atoms with E-state index >= 15 is 0 Å². The SMILES string of the molecule is CC1C(COC(=O)c2ccccc2)OC(OC(=O)c2ccccc2)C(OC(=O)c2ccccc2)C1C.COC(=O)c1cccc(-c2ccc(O)cc2)c1.COC(=O)c1cccc(-c2ccc(OC3OC(CO)C(O)C(O)C3O)cc2)c1.COC(=O)c1cccc(-c2ccc(OC3OC(CO)C(O)C(O)C3O)cc2)c1.C[B]F.FF.OC[C@H]1O[C@H](O)[C@@H](O)[C@@H](O)[C@@H]1O.OC[C@H]1O[C@H](O)[C@H](O)[C@@H](O)[C@@H]1O. The highest BCUT2D eigenvalue weighted by atomic mass is 20.0. The van der Waals surface area contributed by atoms with Crippen molar-refractivity contribution in [3.63, 3.8) is 0 Å². The molecule has 138 heavy (non-hydrogen) atoms. The van der Waals surface area contributed by atoms with Gasteiger partial charge in [0.2, 0.25) is 18.9 Å². The van der Waals surface area contributed by atoms with Gasteiger partial charge in [-0.3, -0.25) is 0 Å². The number of rotatable bonds is 21. The molecule has 0 spiro atoms. The lowest BCUT2D eigenvalue weighted by molar-refractivity contribution is -0.286. The van der Waals surface area contributed by atoms with Crippen molar-refractivity contribution in [2.75, 3.05) is 54.4 Å². The Morgan fingerprint density at radius 3 is 0.913 bits per heavy atom. The molecular formula is C96H111BF3O38. The molecule has 5 aliphatic heterocycles. The normalized spacial score (nSPS) is 27.1. The van der Waals surface area contributed by atoms with Gasteiger partial charge in [0, 0.05) is 15.1 Å². The monoisotopic (exact) mass is 1940 g/mol. The molecule has 9 aromatic carbocycles. The Morgan fingerprint density at radius 2 is 0.594 bits per heavy atom. The van der Waals surface area contributed by atoms with Crippen molar-refractivity contribution in [3.05, 3.63) is 270 Å². The van der Waals surface area contributed by atoms with E-state index in [-0.39, 0.29) is 30.2 Å². The Hall–Kier alpha value is -11.9. The largest absolute Gasteiger partial charge is 0.508 e. The number of esters is 6. The number of ether oxygens (including phenoxy) is 13. The molecule has 5 aliphatic rings. The first-order valence-corrected chi connectivity index (χ1v) is 42.5. The summed E-state index contributed by atoms with van der Waals surface area (Å²) in [7, 11) is 4.50. The Balaban J connectivity index is 0.000000232. The van der Waals surface area contributed by atoms with Gasteiger partial charge in [0.1, 0.15) is 122 Å². The quantitative estimate of drug-likeness (QED) is 0.0278. The minimum Gasteiger partial charge on any atom is -0.508 e. The molecule has 5 heterocycles. The third-order valence-electron chi connectivity index (χ3n) is 21.7. The van der Waals surface area contributed by atoms with Crippen LogP contribution in [0.5, 0.6) is 17.2 Å². The van der Waals surface area contributed by atoms with Crippen molar-refractivity contribution >= 4 is 43.4 Å². The van der Waals surface area contributed by atoms with Crippen LogP contribution in [0.2, 0.25) is 6.82 Å². The maximum Gasteiger partial charge on any atom is 0.351 e. The Labute approximate surface area is 789 Å². The molecule has 0 saturated carbocycles. The van der Waals surface area contributed by atoms with E-state index in [0.29, 0.717) is 52.4 Å². The summed E-state index contributed by atoms with van der Waals surface area (Å²) >= 11 is 0. The number of carbonyl (C=O) groups excluding carboxylic acids is 6. The van der Waals surface area contributed by atoms with E-state index in [0.717, 1.165) is 33.4 Å². The molecule has 0 aromatic heterocycles. The fourth-order valence-corrected chi connectivity index (χ4v) is 13.7. The standard InChI is InChI=1S/C29H28O7.2C20H22O8.C14H12O3.2C6H12O6.CH3BF.F2/c1-19-20(2)25(35-27(31)22-14-8-4-9-15-22)29(36-28(32)23-16-10-5-11-17-23)34-24(19)18-33-26(30)21-12-6-3-7-13-21;2*1-26-19(25)13-4-2-3-12(9-13)11-5-7-14(8-6-11)27-20-18(24)17(23)16(22)15(10-21)28-20;1-17-14(16)12-4-2-3-11(9-12)10-5-7-13(15)8-6-10;2*7-1-2-3(8)4(9)5(10)6(11)12-2;1-2-3;1-2/h3-17,19-20,24-25,29H,18H2,1-2H3;2*2-9,15-18,20-24H,10H2,1H3;2-9,15H,1H3;2*2-11H,1H2;1H3;/t;;;;2-,3-,4+,5+,6+;2-,3-,4+,5-,6+;;/m....11../s1. The third-order valence-corrected chi connectivity index (χ3v) is 21.7. The summed E-state index contributed by atoms with van der Waals surface area (Å²) in [4.78, 5) is 72.8. The van der Waals surface area contributed by atoms with Crippen molar-refractivity contribution in [1.82, 2.24) is 0 Å². The molecule has 0 aliphatic carbocycles. The number of aromatic hydroxyl groups is 1. The topological polar surface area (TPSA) is 607 Å². The lowest BCUT2D eigenvalue weighted by Gasteiger charge is -2.43. The fourth-order valence-electron chi connectivity index (χ4n) is 13.7. The summed E-state index contributed by atoms with van der Waals surface area (Å²) in [5, 5.41) is 176. The van der Waals surface area contributed by atoms with Crippen LogP contribution in [0.15, 0.2) is 237 Å². The summed E-state index contributed by atoms with van der Waals surface area (Å²) < 4.78 is 94.3. The van der Waals surface area contributed by atoms with Gasteiger partial charge in [-0.05, 0) is 148 Å². The van der Waals surface area contributed by atoms with E-state index in [1.54, 1.807) is 212 Å². The maximum atomic E-state index is 12.8. The molecule has 15 unspecified atom stereocenters. The lowest BCUT2D eigenvalue weighted by atomic mass is 9.83. The molecule has 1 radical (unpaired) electrons. The highest BCUT2D eigenvalue weighted by molar-refractivity contribution is 6.23. The van der Waals surface area contributed by atoms with Crippen LogP contribution in [0.25, 0.3) is 33.4 Å². The molecule has 25 atom stereocenters. The van der Waals surface area contributed by atoms with Crippen LogP contribution in [0.4, 0.5) is 13.5 Å². The molecule has 14 rings (SSSR count). The number of aliphatic hydroxyl groups excluding tert-OH is 18. The second-order valence-corrected chi connectivity index (χ2v) is 30.8. The van der Waals surface area contributed by atoms with E-state index in [2.05, 4.69) is 14.2 Å². The van der Waals surface area contributed by atoms with E-state index in [1.807, 2.05) is 38.1 Å². The number of benzene rings is 9. The highest BCUT2D eigenvalue weighted by Gasteiger charge is 2.50. The molecule has 0 amide bonds. The van der Waals surface area contributed by atoms with Gasteiger partial charge in [0.25, 0.3) is 0 Å². The van der Waals surface area contributed by atoms with Gasteiger partial charge < -0.3 is 163 Å². The predicted octanol–water partition coefficient (Wildman–Crippen LogP) is 3.43. The van der Waals surface area contributed by atoms with Gasteiger partial charge in [-0.25, -0.2) is 28.8 Å². The summed E-state index contributed by atoms with van der Waals surface area (Å²) in [6.07, 6.45) is -30.1. The third kappa shape index (κ3) is 31.8. The molecule has 9 aromatic rings. The average molecular weight is 1940 g/mol. The number of aliphatic hydroxyl groups is 18. The number of phenolic OH excluding ortho intramolecular Hbond substituents is 1. The summed E-state index contributed by atoms with van der Waals surface area (Å²) in [5.74, 6) is -2.34. The van der Waals surface area contributed by atoms with Crippen LogP contribution >= 0.6 is 0 Å². The molecule has 0 bridgehead atoms. The van der Waals surface area contributed by atoms with Crippen LogP contribution in [-0.4, -0.2) is 336 Å². The second kappa shape index (κ2) is 56.9. The molecule has 38 nitrogen and oxygen atoms in total. The lowest BCUT2D eigenvalue weighted by Crippen LogP contribution is -2.60. The number of hydrogen-bond donors (Lipinski definition) is 19. The van der Waals surface area contributed by atoms with Crippen molar-refractivity contribution in [2.45, 2.75) is 162 Å². The fraction of sp³-hybridized carbons (Fsp3) is 0.375. The van der Waals surface area contributed by atoms with Gasteiger partial charge in [0.15, 0.2) is 18.7 Å². The zero-order valence-electron chi connectivity index (χ0n) is 75.0. The van der Waals surface area contributed by atoms with Crippen LogP contribution in [0.3, 0.4) is 0 Å². The van der Waals surface area contributed by atoms with E-state index in [4.69, 9.17) is 108 Å². The van der Waals surface area contributed by atoms with Crippen molar-refractivity contribution in [1.29, 1.82) is 0 Å². The number of hydrogen-bond acceptors (Lipinski definition) is 38. The van der Waals surface area contributed by atoms with Gasteiger partial charge in [-0.15, -0.1) is 0 Å². The Kier molecular flexibility index (Phi) is 46.6. The van der Waals surface area contributed by atoms with Crippen molar-refractivity contribution in [3.8, 4) is 50.6 Å². The summed E-state index contributed by atoms with van der Waals surface area (Å²) in [6.45, 7) is 3.00. The zero-order valence-corrected chi connectivity index (χ0v) is 75.0. The Morgan fingerprint density at radius 1 is 0.312 bits per heavy atom. The van der Waals surface area contributed by atoms with Crippen LogP contribution in [-0.2, 0) is 52.1 Å². The first kappa shape index (κ1) is 113. The zero-order chi connectivity index (χ0) is 102. The molecule has 42 heteroatoms. The molecule has 19 N–H and O–H groups in total. The van der Waals surface area contributed by atoms with E-state index in [1.165, 1.54) is 28.2 Å². The van der Waals surface area contributed by atoms with Gasteiger partial charge in [-0.2, -0.15) is 0 Å². The summed E-state index contributed by atoms with van der Waals surface area (Å²) in [5.41, 5.74) is 7.64. The minimum atomic E-state index is -1.57. The molecule has 5 fully saturated rings. The van der Waals surface area contributed by atoms with Crippen LogP contribution < -0.4 is 9.47 Å². The number of methoxy groups -OCH3 is 3. The number of halogens is 3. The first-order valence-electron chi connectivity index (χ1n) is 42.5. The maximum absolute atomic E-state index is 12.8. The average Bonchev–Trinajstić information content (AvgIpc) is 0.793. The van der Waals surface area contributed by atoms with Crippen molar-refractivity contribution in [2.24, 2.45) is 11.8 Å². The number of carbonyl (C=O) groups is 6. The van der Waals surface area contributed by atoms with Crippen LogP contribution in [0, 0.1) is 11.8 Å². The molecular weight excluding hydrogens is 1830 g/mol. The second-order valence-electron chi connectivity index (χ2n) is 30.8. The van der Waals surface area contributed by atoms with E-state index < -0.39 is 198 Å². The Bertz CT molecular complexity index is 4960.